The van der Waals surface area contributed by atoms with Gasteiger partial charge in [-0.15, -0.1) is 24.0 Å². The first-order valence-electron chi connectivity index (χ1n) is 10.7. The fraction of sp³-hybridized carbons (Fsp3) is 0.417. The lowest BCUT2D eigenvalue weighted by Gasteiger charge is -2.29. The molecule has 2 N–H and O–H groups in total. The first-order valence-corrected chi connectivity index (χ1v) is 10.7. The summed E-state index contributed by atoms with van der Waals surface area (Å²) in [5.74, 6) is 2.33. The second kappa shape index (κ2) is 12.5. The van der Waals surface area contributed by atoms with Gasteiger partial charge >= 0.3 is 0 Å². The van der Waals surface area contributed by atoms with Crippen molar-refractivity contribution < 1.29 is 14.3 Å². The Balaban J connectivity index is 0.00000363. The van der Waals surface area contributed by atoms with Crippen LogP contribution in [0, 0.1) is 6.92 Å². The number of anilines is 1. The van der Waals surface area contributed by atoms with Gasteiger partial charge in [0.2, 0.25) is 0 Å². The maximum Gasteiger partial charge on any atom is 0.265 e. The van der Waals surface area contributed by atoms with Crippen LogP contribution < -0.4 is 25.0 Å². The Morgan fingerprint density at radius 3 is 2.81 bits per heavy atom. The number of aliphatic imine (C=N–C) groups is 1. The zero-order valence-electron chi connectivity index (χ0n) is 19.2. The Kier molecular flexibility index (Phi) is 10.1. The first-order chi connectivity index (χ1) is 15.0. The summed E-state index contributed by atoms with van der Waals surface area (Å²) in [6.45, 7) is 8.24. The molecule has 0 fully saturated rings. The van der Waals surface area contributed by atoms with Crippen LogP contribution in [0.25, 0.3) is 0 Å². The van der Waals surface area contributed by atoms with Gasteiger partial charge in [-0.2, -0.15) is 0 Å². The standard InChI is InChI=1S/C24H32N4O3.HI/c1-5-25-24(27-18(3)19-15-17(2)11-12-21(19)30-4)26-13-8-14-28-20-9-6-7-10-22(20)31-16-23(28)29;/h6-7,9-12,15,18H,5,8,13-14,16H2,1-4H3,(H2,25,26,27);1H. The van der Waals surface area contributed by atoms with Gasteiger partial charge in [-0.1, -0.05) is 29.8 Å². The molecule has 8 heteroatoms. The molecule has 0 saturated carbocycles. The minimum Gasteiger partial charge on any atom is -0.496 e. The number of nitrogens with zero attached hydrogens (tertiary/aromatic N) is 2. The van der Waals surface area contributed by atoms with Crippen molar-refractivity contribution in [1.82, 2.24) is 10.6 Å². The Morgan fingerprint density at radius 1 is 1.28 bits per heavy atom. The van der Waals surface area contributed by atoms with Crippen LogP contribution >= 0.6 is 24.0 Å². The van der Waals surface area contributed by atoms with Crippen molar-refractivity contribution in [2.75, 3.05) is 38.3 Å². The number of carbonyl (C=O) groups excluding carboxylic acids is 1. The van der Waals surface area contributed by atoms with E-state index in [0.29, 0.717) is 13.1 Å². The normalized spacial score (nSPS) is 14.1. The zero-order chi connectivity index (χ0) is 22.2. The summed E-state index contributed by atoms with van der Waals surface area (Å²) in [5.41, 5.74) is 3.10. The SMILES string of the molecule is CCNC(=NCCCN1C(=O)COc2ccccc21)NC(C)c1cc(C)ccc1OC.I. The topological polar surface area (TPSA) is 75.2 Å². The third kappa shape index (κ3) is 6.51. The van der Waals surface area contributed by atoms with Crippen molar-refractivity contribution >= 4 is 41.5 Å². The van der Waals surface area contributed by atoms with Crippen LogP contribution in [-0.4, -0.2) is 45.2 Å². The molecule has 0 radical (unpaired) electrons. The van der Waals surface area contributed by atoms with Crippen LogP contribution in [0.5, 0.6) is 11.5 Å². The average Bonchev–Trinajstić information content (AvgIpc) is 2.77. The molecule has 3 rings (SSSR count). The van der Waals surface area contributed by atoms with E-state index in [1.807, 2.05) is 43.3 Å². The summed E-state index contributed by atoms with van der Waals surface area (Å²) in [7, 11) is 1.69. The molecule has 1 amide bonds. The molecule has 0 saturated heterocycles. The largest absolute Gasteiger partial charge is 0.496 e. The van der Waals surface area contributed by atoms with E-state index < -0.39 is 0 Å². The molecule has 0 spiro atoms. The number of aryl methyl sites for hydroxylation is 1. The molecule has 1 heterocycles. The van der Waals surface area contributed by atoms with E-state index in [9.17, 15) is 4.79 Å². The predicted octanol–water partition coefficient (Wildman–Crippen LogP) is 4.05. The van der Waals surface area contributed by atoms with Gasteiger partial charge in [-0.05, 0) is 45.4 Å². The Hall–Kier alpha value is -2.49. The van der Waals surface area contributed by atoms with E-state index in [1.54, 1.807) is 12.0 Å². The molecule has 174 valence electrons. The van der Waals surface area contributed by atoms with Crippen LogP contribution in [0.2, 0.25) is 0 Å². The third-order valence-corrected chi connectivity index (χ3v) is 5.17. The molecule has 1 aliphatic rings. The van der Waals surface area contributed by atoms with Gasteiger partial charge in [0, 0.05) is 25.2 Å². The molecule has 7 nitrogen and oxygen atoms in total. The monoisotopic (exact) mass is 552 g/mol. The molecule has 2 aromatic carbocycles. The molecule has 1 unspecified atom stereocenters. The van der Waals surface area contributed by atoms with Crippen LogP contribution in [0.4, 0.5) is 5.69 Å². The van der Waals surface area contributed by atoms with Gasteiger partial charge < -0.3 is 25.0 Å². The third-order valence-electron chi connectivity index (χ3n) is 5.17. The first kappa shape index (κ1) is 25.8. The smallest absolute Gasteiger partial charge is 0.265 e. The lowest BCUT2D eigenvalue weighted by Crippen LogP contribution is -2.40. The fourth-order valence-electron chi connectivity index (χ4n) is 3.61. The van der Waals surface area contributed by atoms with Crippen molar-refractivity contribution in [3.05, 3.63) is 53.6 Å². The summed E-state index contributed by atoms with van der Waals surface area (Å²) in [5, 5.41) is 6.75. The number of rotatable bonds is 8. The molecule has 1 aliphatic heterocycles. The fourth-order valence-corrected chi connectivity index (χ4v) is 3.61. The number of fused-ring (bicyclic) bond motifs is 1. The number of carbonyl (C=O) groups is 1. The summed E-state index contributed by atoms with van der Waals surface area (Å²) >= 11 is 0. The summed E-state index contributed by atoms with van der Waals surface area (Å²) in [4.78, 5) is 18.8. The number of para-hydroxylation sites is 2. The molecule has 32 heavy (non-hydrogen) atoms. The number of hydrogen-bond acceptors (Lipinski definition) is 4. The number of halogens is 1. The van der Waals surface area contributed by atoms with Gasteiger partial charge in [-0.3, -0.25) is 9.79 Å². The van der Waals surface area contributed by atoms with Crippen molar-refractivity contribution in [2.45, 2.75) is 33.2 Å². The quantitative estimate of drug-likeness (QED) is 0.224. The Bertz CT molecular complexity index is 935. The second-order valence-electron chi connectivity index (χ2n) is 7.53. The van der Waals surface area contributed by atoms with Gasteiger partial charge in [0.05, 0.1) is 18.8 Å². The predicted molar refractivity (Wildman–Crippen MR) is 140 cm³/mol. The minimum atomic E-state index is -0.0205. The van der Waals surface area contributed by atoms with Crippen LogP contribution in [0.15, 0.2) is 47.5 Å². The van der Waals surface area contributed by atoms with E-state index in [4.69, 9.17) is 14.5 Å². The van der Waals surface area contributed by atoms with Crippen molar-refractivity contribution in [3.63, 3.8) is 0 Å². The number of hydrogen-bond donors (Lipinski definition) is 2. The number of benzene rings is 2. The van der Waals surface area contributed by atoms with E-state index in [0.717, 1.165) is 41.7 Å². The Morgan fingerprint density at radius 2 is 2.06 bits per heavy atom. The highest BCUT2D eigenvalue weighted by Crippen LogP contribution is 2.31. The Labute approximate surface area is 207 Å². The molecule has 0 aliphatic carbocycles. The molecular formula is C24H33IN4O3. The maximum atomic E-state index is 12.3. The van der Waals surface area contributed by atoms with Crippen LogP contribution in [0.1, 0.15) is 37.4 Å². The van der Waals surface area contributed by atoms with E-state index in [-0.39, 0.29) is 42.5 Å². The maximum absolute atomic E-state index is 12.3. The van der Waals surface area contributed by atoms with Gasteiger partial charge in [-0.25, -0.2) is 0 Å². The van der Waals surface area contributed by atoms with Crippen molar-refractivity contribution in [1.29, 1.82) is 0 Å². The number of methoxy groups -OCH3 is 1. The van der Waals surface area contributed by atoms with Crippen LogP contribution in [0.3, 0.4) is 0 Å². The summed E-state index contributed by atoms with van der Waals surface area (Å²) < 4.78 is 11.0. The minimum absolute atomic E-state index is 0. The van der Waals surface area contributed by atoms with Crippen molar-refractivity contribution in [2.24, 2.45) is 4.99 Å². The summed E-state index contributed by atoms with van der Waals surface area (Å²) in [6, 6.07) is 13.8. The van der Waals surface area contributed by atoms with E-state index >= 15 is 0 Å². The number of nitrogens with one attached hydrogen (secondary N) is 2. The number of amides is 1. The highest BCUT2D eigenvalue weighted by atomic mass is 127. The molecular weight excluding hydrogens is 519 g/mol. The molecule has 2 aromatic rings. The lowest BCUT2D eigenvalue weighted by molar-refractivity contribution is -0.121. The number of guanidine groups is 1. The second-order valence-corrected chi connectivity index (χ2v) is 7.53. The van der Waals surface area contributed by atoms with Gasteiger partial charge in [0.25, 0.3) is 5.91 Å². The van der Waals surface area contributed by atoms with Crippen molar-refractivity contribution in [3.8, 4) is 11.5 Å². The molecule has 0 aromatic heterocycles. The van der Waals surface area contributed by atoms with E-state index in [1.165, 1.54) is 5.56 Å². The lowest BCUT2D eigenvalue weighted by atomic mass is 10.0. The van der Waals surface area contributed by atoms with Gasteiger partial charge in [0.15, 0.2) is 12.6 Å². The van der Waals surface area contributed by atoms with E-state index in [2.05, 4.69) is 30.5 Å². The average molecular weight is 552 g/mol. The van der Waals surface area contributed by atoms with Crippen LogP contribution in [-0.2, 0) is 4.79 Å². The molecule has 0 bridgehead atoms. The van der Waals surface area contributed by atoms with Gasteiger partial charge in [0.1, 0.15) is 11.5 Å². The highest BCUT2D eigenvalue weighted by Gasteiger charge is 2.24. The zero-order valence-corrected chi connectivity index (χ0v) is 21.5. The molecule has 1 atom stereocenters. The number of ether oxygens (including phenoxy) is 2. The summed E-state index contributed by atoms with van der Waals surface area (Å²) in [6.07, 6.45) is 0.749. The highest BCUT2D eigenvalue weighted by molar-refractivity contribution is 14.0.